The van der Waals surface area contributed by atoms with Gasteiger partial charge in [-0.3, -0.25) is 9.69 Å². The molecule has 1 aliphatic heterocycles. The van der Waals surface area contributed by atoms with Crippen LogP contribution in [0.15, 0.2) is 22.8 Å². The van der Waals surface area contributed by atoms with Crippen LogP contribution in [0.5, 0.6) is 0 Å². The number of furan rings is 1. The van der Waals surface area contributed by atoms with Crippen LogP contribution >= 0.6 is 0 Å². The van der Waals surface area contributed by atoms with Gasteiger partial charge in [-0.2, -0.15) is 0 Å². The van der Waals surface area contributed by atoms with Crippen molar-refractivity contribution in [3.63, 3.8) is 0 Å². The molecule has 0 radical (unpaired) electrons. The number of likely N-dealkylation sites (N-methyl/N-ethyl adjacent to an activating group) is 1. The van der Waals surface area contributed by atoms with Crippen molar-refractivity contribution in [2.45, 2.75) is 38.9 Å². The Balaban J connectivity index is 1.91. The van der Waals surface area contributed by atoms with Crippen LogP contribution < -0.4 is 5.32 Å². The highest BCUT2D eigenvalue weighted by atomic mass is 32.2. The van der Waals surface area contributed by atoms with E-state index in [4.69, 9.17) is 4.42 Å². The zero-order chi connectivity index (χ0) is 15.5. The molecule has 21 heavy (non-hydrogen) atoms. The second kappa shape index (κ2) is 6.62. The van der Waals surface area contributed by atoms with Gasteiger partial charge in [-0.1, -0.05) is 6.92 Å². The minimum atomic E-state index is -2.98. The Bertz CT molecular complexity index is 568. The van der Waals surface area contributed by atoms with Crippen molar-refractivity contribution in [2.24, 2.45) is 0 Å². The molecule has 0 bridgehead atoms. The SMILES string of the molecule is CCN(Cc1ccco1)[C@@H](C)C(=O)N[C@@H]1CCS(=O)(=O)C1. The van der Waals surface area contributed by atoms with Gasteiger partial charge in [0.15, 0.2) is 9.84 Å². The van der Waals surface area contributed by atoms with Crippen LogP contribution in [0.2, 0.25) is 0 Å². The van der Waals surface area contributed by atoms with Gasteiger partial charge in [0.1, 0.15) is 5.76 Å². The van der Waals surface area contributed by atoms with E-state index >= 15 is 0 Å². The summed E-state index contributed by atoms with van der Waals surface area (Å²) in [5.41, 5.74) is 0. The molecular formula is C14H22N2O4S. The van der Waals surface area contributed by atoms with E-state index in [1.807, 2.05) is 30.9 Å². The van der Waals surface area contributed by atoms with Gasteiger partial charge in [-0.05, 0) is 32.0 Å². The fourth-order valence-corrected chi connectivity index (χ4v) is 4.20. The van der Waals surface area contributed by atoms with Gasteiger partial charge < -0.3 is 9.73 Å². The number of nitrogens with zero attached hydrogens (tertiary/aromatic N) is 1. The van der Waals surface area contributed by atoms with Crippen molar-refractivity contribution in [1.82, 2.24) is 10.2 Å². The second-order valence-electron chi connectivity index (χ2n) is 5.43. The molecule has 1 N–H and O–H groups in total. The number of nitrogens with one attached hydrogen (secondary N) is 1. The number of carbonyl (C=O) groups is 1. The zero-order valence-electron chi connectivity index (χ0n) is 12.4. The van der Waals surface area contributed by atoms with Crippen LogP contribution in [0.3, 0.4) is 0 Å². The van der Waals surface area contributed by atoms with Crippen molar-refractivity contribution >= 4 is 15.7 Å². The van der Waals surface area contributed by atoms with Crippen LogP contribution in [0.1, 0.15) is 26.0 Å². The second-order valence-corrected chi connectivity index (χ2v) is 7.66. The third-order valence-electron chi connectivity index (χ3n) is 3.85. The van der Waals surface area contributed by atoms with Crippen molar-refractivity contribution in [3.8, 4) is 0 Å². The molecule has 1 aromatic heterocycles. The summed E-state index contributed by atoms with van der Waals surface area (Å²) < 4.78 is 28.1. The molecule has 2 rings (SSSR count). The standard InChI is InChI=1S/C14H22N2O4S/c1-3-16(9-13-5-4-7-20-13)11(2)14(17)15-12-6-8-21(18,19)10-12/h4-5,7,11-12H,3,6,8-10H2,1-2H3,(H,15,17)/t11-,12+/m0/s1. The van der Waals surface area contributed by atoms with Crippen molar-refractivity contribution in [3.05, 3.63) is 24.2 Å². The molecule has 118 valence electrons. The van der Waals surface area contributed by atoms with Crippen molar-refractivity contribution in [2.75, 3.05) is 18.1 Å². The maximum atomic E-state index is 12.3. The fourth-order valence-electron chi connectivity index (χ4n) is 2.52. The molecular weight excluding hydrogens is 292 g/mol. The summed E-state index contributed by atoms with van der Waals surface area (Å²) in [4.78, 5) is 14.2. The number of hydrogen-bond acceptors (Lipinski definition) is 5. The normalized spacial score (nSPS) is 22.3. The summed E-state index contributed by atoms with van der Waals surface area (Å²) in [6, 6.07) is 3.10. The van der Waals surface area contributed by atoms with Crippen molar-refractivity contribution in [1.29, 1.82) is 0 Å². The van der Waals surface area contributed by atoms with E-state index in [9.17, 15) is 13.2 Å². The molecule has 1 amide bonds. The molecule has 0 aliphatic carbocycles. The number of amides is 1. The average molecular weight is 314 g/mol. The number of sulfone groups is 1. The molecule has 1 aromatic rings. The summed E-state index contributed by atoms with van der Waals surface area (Å²) in [5, 5.41) is 2.84. The third kappa shape index (κ3) is 4.31. The number of hydrogen-bond donors (Lipinski definition) is 1. The Hall–Kier alpha value is -1.34. The van der Waals surface area contributed by atoms with Gasteiger partial charge in [0, 0.05) is 6.04 Å². The highest BCUT2D eigenvalue weighted by Crippen LogP contribution is 2.13. The summed E-state index contributed by atoms with van der Waals surface area (Å²) >= 11 is 0. The molecule has 1 aliphatic rings. The smallest absolute Gasteiger partial charge is 0.237 e. The van der Waals surface area contributed by atoms with Gasteiger partial charge in [-0.15, -0.1) is 0 Å². The quantitative estimate of drug-likeness (QED) is 0.840. The molecule has 0 spiro atoms. The Labute approximate surface area is 125 Å². The average Bonchev–Trinajstić information content (AvgIpc) is 3.04. The monoisotopic (exact) mass is 314 g/mol. The van der Waals surface area contributed by atoms with Crippen molar-refractivity contribution < 1.29 is 17.6 Å². The van der Waals surface area contributed by atoms with Gasteiger partial charge in [0.25, 0.3) is 0 Å². The summed E-state index contributed by atoms with van der Waals surface area (Å²) in [7, 11) is -2.98. The molecule has 2 heterocycles. The molecule has 0 unspecified atom stereocenters. The minimum absolute atomic E-state index is 0.0514. The number of carbonyl (C=O) groups excluding carboxylic acids is 1. The fraction of sp³-hybridized carbons (Fsp3) is 0.643. The zero-order valence-corrected chi connectivity index (χ0v) is 13.2. The Morgan fingerprint density at radius 1 is 1.57 bits per heavy atom. The minimum Gasteiger partial charge on any atom is -0.468 e. The lowest BCUT2D eigenvalue weighted by atomic mass is 10.2. The van der Waals surface area contributed by atoms with E-state index < -0.39 is 9.84 Å². The Morgan fingerprint density at radius 3 is 2.86 bits per heavy atom. The van der Waals surface area contributed by atoms with Gasteiger partial charge >= 0.3 is 0 Å². The molecule has 0 saturated carbocycles. The molecule has 0 aromatic carbocycles. The number of rotatable bonds is 6. The van der Waals surface area contributed by atoms with Crippen LogP contribution in [0, 0.1) is 0 Å². The molecule has 1 fully saturated rings. The predicted octanol–water partition coefficient (Wildman–Crippen LogP) is 0.793. The summed E-state index contributed by atoms with van der Waals surface area (Å²) in [6.07, 6.45) is 2.11. The lowest BCUT2D eigenvalue weighted by Crippen LogP contribution is -2.48. The maximum Gasteiger partial charge on any atom is 0.237 e. The van der Waals surface area contributed by atoms with E-state index in [1.165, 1.54) is 0 Å². The molecule has 1 saturated heterocycles. The van der Waals surface area contributed by atoms with Crippen LogP contribution in [-0.2, 0) is 21.2 Å². The topological polar surface area (TPSA) is 79.6 Å². The summed E-state index contributed by atoms with van der Waals surface area (Å²) in [6.45, 7) is 5.07. The lowest BCUT2D eigenvalue weighted by molar-refractivity contribution is -0.126. The maximum absolute atomic E-state index is 12.3. The van der Waals surface area contributed by atoms with E-state index in [2.05, 4.69) is 5.32 Å². The first-order chi connectivity index (χ1) is 9.91. The molecule has 2 atom stereocenters. The van der Waals surface area contributed by atoms with E-state index in [0.29, 0.717) is 19.5 Å². The van der Waals surface area contributed by atoms with Gasteiger partial charge in [0.2, 0.25) is 5.91 Å². The summed E-state index contributed by atoms with van der Waals surface area (Å²) in [5.74, 6) is 0.886. The first-order valence-electron chi connectivity index (χ1n) is 7.18. The Morgan fingerprint density at radius 2 is 2.33 bits per heavy atom. The van der Waals surface area contributed by atoms with Crippen LogP contribution in [0.25, 0.3) is 0 Å². The van der Waals surface area contributed by atoms with E-state index in [-0.39, 0.29) is 29.5 Å². The highest BCUT2D eigenvalue weighted by Gasteiger charge is 2.31. The van der Waals surface area contributed by atoms with Crippen LogP contribution in [-0.4, -0.2) is 49.4 Å². The first kappa shape index (κ1) is 16.0. The lowest BCUT2D eigenvalue weighted by Gasteiger charge is -2.27. The van der Waals surface area contributed by atoms with Crippen LogP contribution in [0.4, 0.5) is 0 Å². The van der Waals surface area contributed by atoms with Gasteiger partial charge in [0.05, 0.1) is 30.4 Å². The molecule has 7 heteroatoms. The first-order valence-corrected chi connectivity index (χ1v) is 9.00. The predicted molar refractivity (Wildman–Crippen MR) is 79.5 cm³/mol. The molecule has 6 nitrogen and oxygen atoms in total. The largest absolute Gasteiger partial charge is 0.468 e. The third-order valence-corrected chi connectivity index (χ3v) is 5.62. The van der Waals surface area contributed by atoms with Gasteiger partial charge in [-0.25, -0.2) is 8.42 Å². The van der Waals surface area contributed by atoms with E-state index in [1.54, 1.807) is 6.26 Å². The van der Waals surface area contributed by atoms with E-state index in [0.717, 1.165) is 5.76 Å². The highest BCUT2D eigenvalue weighted by molar-refractivity contribution is 7.91. The Kier molecular flexibility index (Phi) is 5.05.